The molecule has 720 valence electrons. The Morgan fingerprint density at radius 3 is 1.67 bits per heavy atom. The normalized spacial score (nSPS) is 25.1. The molecule has 2 aromatic heterocycles. The zero-order chi connectivity index (χ0) is 96.9. The van der Waals surface area contributed by atoms with Crippen molar-refractivity contribution in [3.63, 3.8) is 0 Å². The fourth-order valence-electron chi connectivity index (χ4n) is 16.2. The number of primary amides is 2. The molecule has 5 aromatic rings. The quantitative estimate of drug-likeness (QED) is 0.0153. The Morgan fingerprint density at radius 2 is 1.08 bits per heavy atom. The number of nitrogens with two attached hydrogens (primary N) is 4. The summed E-state index contributed by atoms with van der Waals surface area (Å²) in [7, 11) is 3.86. The summed E-state index contributed by atoms with van der Waals surface area (Å²) >= 11 is 0.742. The zero-order valence-electron chi connectivity index (χ0n) is 75.5. The van der Waals surface area contributed by atoms with Gasteiger partial charge >= 0.3 is 0 Å². The first kappa shape index (κ1) is 105. The predicted molar refractivity (Wildman–Crippen MR) is 485 cm³/mol. The third-order valence-corrected chi connectivity index (χ3v) is 24.6. The van der Waals surface area contributed by atoms with Gasteiger partial charge in [0, 0.05) is 113 Å². The molecule has 5 heterocycles. The van der Waals surface area contributed by atoms with E-state index in [1.54, 1.807) is 74.8 Å². The number of likely N-dealkylation sites (N-methyl/N-ethyl adjacent to an activating group) is 3. The number of para-hydroxylation sites is 2. The molecule has 132 heavy (non-hydrogen) atoms. The summed E-state index contributed by atoms with van der Waals surface area (Å²) < 4.78 is 14.4. The van der Waals surface area contributed by atoms with E-state index in [2.05, 4.69) is 68.5 Å². The van der Waals surface area contributed by atoms with Gasteiger partial charge in [0.25, 0.3) is 0 Å². The van der Waals surface area contributed by atoms with E-state index >= 15 is 33.6 Å². The lowest BCUT2D eigenvalue weighted by molar-refractivity contribution is -0.149. The molecular formula is C88H126FN23O19S. The van der Waals surface area contributed by atoms with Gasteiger partial charge in [-0.2, -0.15) is 0 Å². The van der Waals surface area contributed by atoms with Crippen molar-refractivity contribution in [2.45, 2.75) is 228 Å². The number of aromatic amines is 2. The van der Waals surface area contributed by atoms with E-state index in [9.17, 15) is 62.5 Å². The van der Waals surface area contributed by atoms with Crippen molar-refractivity contribution in [3.8, 4) is 0 Å². The lowest BCUT2D eigenvalue weighted by atomic mass is 10.00. The molecular weight excluding hydrogens is 1730 g/mol. The van der Waals surface area contributed by atoms with Crippen LogP contribution in [-0.4, -0.2) is 314 Å². The number of carbonyl (C=O) groups is 17. The number of rotatable bonds is 25. The minimum atomic E-state index is -1.89. The number of guanidine groups is 1. The SMILES string of the molecule is CCCC[C@H]1C(=O)N(C)[C@@H](CCCC)C(=O)N[C@@H](CCCNC(=N)N)C(=O)N[C@H](C(=O)NCC(N)=O)CSCC(=O)N[C@@H](Cc2ccc(F)cc2)C(=O)N(C)[C@@H](C)C(=O)N[C@@H](CC(N)=O)C(=O)N2CCC[C@H]2C(=O)N[C@@H](CN)C(=O)N[C@@H](CC(C)C)C(=O)N2C[C@H](O)C[C@H]2C(=O)N[C@@H](Cc2c[nH]c3ccccc23)C(=O)N[C@@H](CO)C(=O)N[C@@H](Cc2c[nH]c3ccccc23)C(=O)N1C. The van der Waals surface area contributed by atoms with Crippen molar-refractivity contribution in [1.82, 2.24) is 93.0 Å². The van der Waals surface area contributed by atoms with Crippen LogP contribution in [0.15, 0.2) is 85.2 Å². The van der Waals surface area contributed by atoms with Crippen LogP contribution in [0.25, 0.3) is 21.8 Å². The standard InChI is InChI=1S/C88H126FN23O19S/c1-9-11-24-67-80(124)100-58(23-17-31-95-88(93)94)76(120)107-66(75(119)98-42-72(92)116)45-132-46-73(117)99-61(34-49-27-29-52(89)30-28-49)83(127)108(6)48(5)74(118)102-63(38-71(91)115)85(129)111-32-18-26-68(111)81(125)105-64(39-90)78(122)103-60(33-47(3)4)86(130)112-43-53(114)37-70(112)82(126)101-59(35-50-40-96-56-21-15-13-19-54(50)56)77(121)106-65(44-113)79(123)104-62(36-51-41-97-57-22-16-14-20-55(51)57)84(128)110(8)69(25-12-10-2)87(131)109(67)7/h13-16,19-22,27-30,40-41,47-48,53,58-70,96-97,113-114H,9-12,17-18,23-26,31-39,42-46,90H2,1-8H3,(H2,91,115)(H2,92,116)(H,98,119)(H,99,117)(H,100,124)(H,101,126)(H,102,118)(H,103,122)(H,104,123)(H,105,125)(H,106,121)(H,107,120)(H4,93,94,95)/t48-,53+,58-,59-,60-,61-,62-,63-,64-,65-,66-,67-,68-,69-,70-/m0/s1. The molecule has 0 spiro atoms. The van der Waals surface area contributed by atoms with Crippen molar-refractivity contribution >= 4 is 140 Å². The molecule has 0 bridgehead atoms. The number of fused-ring (bicyclic) bond motifs is 4. The molecule has 3 aromatic carbocycles. The lowest BCUT2D eigenvalue weighted by Gasteiger charge is -2.36. The molecule has 17 amide bonds. The van der Waals surface area contributed by atoms with Crippen molar-refractivity contribution in [2.24, 2.45) is 28.9 Å². The van der Waals surface area contributed by atoms with Crippen LogP contribution in [0.3, 0.4) is 0 Å². The van der Waals surface area contributed by atoms with Crippen LogP contribution < -0.4 is 81.4 Å². The Kier molecular flexibility index (Phi) is 39.6. The number of H-pyrrole nitrogens is 2. The number of hydrogen-bond acceptors (Lipinski definition) is 22. The summed E-state index contributed by atoms with van der Waals surface area (Å²) in [5, 5.41) is 60.2. The van der Waals surface area contributed by atoms with Crippen LogP contribution >= 0.6 is 11.8 Å². The minimum absolute atomic E-state index is 0.0154. The topological polar surface area (TPSA) is 639 Å². The van der Waals surface area contributed by atoms with Gasteiger partial charge in [-0.1, -0.05) is 102 Å². The number of benzene rings is 3. The second-order valence-electron chi connectivity index (χ2n) is 33.9. The molecule has 24 N–H and O–H groups in total. The molecule has 3 saturated heterocycles. The molecule has 42 nitrogen and oxygen atoms in total. The minimum Gasteiger partial charge on any atom is -0.394 e. The molecule has 0 radical (unpaired) electrons. The van der Waals surface area contributed by atoms with Crippen molar-refractivity contribution < 1.29 is 96.1 Å². The third kappa shape index (κ3) is 29.1. The molecule has 3 aliphatic heterocycles. The average Bonchev–Trinajstić information content (AvgIpc) is 1.60. The number of nitrogens with zero attached hydrogens (tertiary/aromatic N) is 5. The first-order valence-electron chi connectivity index (χ1n) is 44.2. The van der Waals surface area contributed by atoms with Crippen LogP contribution in [0.1, 0.15) is 135 Å². The summed E-state index contributed by atoms with van der Waals surface area (Å²) in [6.45, 7) is 5.32. The van der Waals surface area contributed by atoms with Crippen LogP contribution in [0, 0.1) is 17.1 Å². The Hall–Kier alpha value is -12.8. The monoisotopic (exact) mass is 1860 g/mol. The van der Waals surface area contributed by atoms with Gasteiger partial charge in [-0.25, -0.2) is 4.39 Å². The lowest BCUT2D eigenvalue weighted by Crippen LogP contribution is -2.62. The van der Waals surface area contributed by atoms with Crippen molar-refractivity contribution in [3.05, 3.63) is 108 Å². The maximum Gasteiger partial charge on any atom is 0.246 e. The maximum atomic E-state index is 15.7. The highest BCUT2D eigenvalue weighted by Gasteiger charge is 2.47. The van der Waals surface area contributed by atoms with Crippen LogP contribution in [0.4, 0.5) is 4.39 Å². The largest absolute Gasteiger partial charge is 0.394 e. The predicted octanol–water partition coefficient (Wildman–Crippen LogP) is -3.50. The fourth-order valence-corrected chi connectivity index (χ4v) is 17.0. The Morgan fingerprint density at radius 1 is 0.553 bits per heavy atom. The Balaban J connectivity index is 1.19. The van der Waals surface area contributed by atoms with Gasteiger partial charge in [0.05, 0.1) is 31.4 Å². The smallest absolute Gasteiger partial charge is 0.246 e. The number of amides is 17. The number of aromatic nitrogens is 2. The number of halogens is 1. The van der Waals surface area contributed by atoms with E-state index < -0.39 is 253 Å². The van der Waals surface area contributed by atoms with Gasteiger partial charge in [0.1, 0.15) is 90.4 Å². The van der Waals surface area contributed by atoms with Gasteiger partial charge in [0.2, 0.25) is 100 Å². The molecule has 8 rings (SSSR count). The van der Waals surface area contributed by atoms with Crippen LogP contribution in [0.2, 0.25) is 0 Å². The number of thioether (sulfide) groups is 1. The Bertz CT molecular complexity index is 4960. The van der Waals surface area contributed by atoms with Gasteiger partial charge < -0.3 is 126 Å². The number of unbranched alkanes of at least 4 members (excludes halogenated alkanes) is 2. The van der Waals surface area contributed by atoms with E-state index in [0.29, 0.717) is 64.2 Å². The third-order valence-electron chi connectivity index (χ3n) is 23.6. The van der Waals surface area contributed by atoms with E-state index in [1.807, 2.05) is 13.8 Å². The van der Waals surface area contributed by atoms with Crippen molar-refractivity contribution in [1.29, 1.82) is 5.41 Å². The summed E-state index contributed by atoms with van der Waals surface area (Å²) in [6.07, 6.45) is 1.13. The van der Waals surface area contributed by atoms with Crippen LogP contribution in [0.5, 0.6) is 0 Å². The zero-order valence-corrected chi connectivity index (χ0v) is 76.3. The number of aliphatic hydroxyl groups is 2. The molecule has 44 heteroatoms. The first-order chi connectivity index (χ1) is 62.8. The second-order valence-corrected chi connectivity index (χ2v) is 34.9. The second kappa shape index (κ2) is 50.0. The van der Waals surface area contributed by atoms with Crippen molar-refractivity contribution in [2.75, 3.05) is 72.0 Å². The number of nitrogens with one attached hydrogen (secondary N) is 14. The summed E-state index contributed by atoms with van der Waals surface area (Å²) in [6, 6.07) is -3.14. The first-order valence-corrected chi connectivity index (χ1v) is 45.4. The summed E-state index contributed by atoms with van der Waals surface area (Å²) in [5.74, 6) is -18.9. The molecule has 3 aliphatic rings. The highest BCUT2D eigenvalue weighted by Crippen LogP contribution is 2.28. The van der Waals surface area contributed by atoms with E-state index in [1.165, 1.54) is 40.2 Å². The Labute approximate surface area is 767 Å². The molecule has 15 atom stereocenters. The average molecular weight is 1860 g/mol. The number of carbonyl (C=O) groups excluding carboxylic acids is 17. The number of aliphatic hydroxyl groups excluding tert-OH is 2. The maximum absolute atomic E-state index is 15.7. The van der Waals surface area contributed by atoms with Gasteiger partial charge in [-0.15, -0.1) is 11.8 Å². The molecule has 0 saturated carbocycles. The van der Waals surface area contributed by atoms with Gasteiger partial charge in [0.15, 0.2) is 5.96 Å². The molecule has 3 fully saturated rings. The fraction of sp³-hybridized carbons (Fsp3) is 0.545. The molecule has 0 unspecified atom stereocenters. The van der Waals surface area contributed by atoms with E-state index in [0.717, 1.165) is 48.4 Å². The van der Waals surface area contributed by atoms with Gasteiger partial charge in [-0.3, -0.25) is 86.9 Å². The highest BCUT2D eigenvalue weighted by atomic mass is 32.2. The van der Waals surface area contributed by atoms with E-state index in [4.69, 9.17) is 28.3 Å². The summed E-state index contributed by atoms with van der Waals surface area (Å²) in [4.78, 5) is 260. The summed E-state index contributed by atoms with van der Waals surface area (Å²) in [5.41, 5.74) is 25.4. The van der Waals surface area contributed by atoms with E-state index in [-0.39, 0.29) is 83.2 Å². The molecule has 0 aliphatic carbocycles. The van der Waals surface area contributed by atoms with Crippen LogP contribution in [-0.2, 0) is 101 Å². The number of hydrogen-bond donors (Lipinski definition) is 20. The highest BCUT2D eigenvalue weighted by molar-refractivity contribution is 8.00. The van der Waals surface area contributed by atoms with Gasteiger partial charge in [-0.05, 0) is 98.7 Å².